The van der Waals surface area contributed by atoms with Crippen molar-refractivity contribution in [3.63, 3.8) is 0 Å². The fourth-order valence-electron chi connectivity index (χ4n) is 1.83. The Balaban J connectivity index is 2.16. The molecule has 2 nitrogen and oxygen atoms in total. The first-order chi connectivity index (χ1) is 8.74. The van der Waals surface area contributed by atoms with Crippen LogP contribution in [0.15, 0.2) is 36.4 Å². The zero-order valence-electron chi connectivity index (χ0n) is 10.6. The van der Waals surface area contributed by atoms with Crippen LogP contribution in [0.2, 0.25) is 0 Å². The monoisotopic (exact) mass is 256 g/mol. The smallest absolute Gasteiger partial charge is 0.101 e. The molecule has 1 aromatic heterocycles. The van der Waals surface area contributed by atoms with Crippen molar-refractivity contribution in [3.05, 3.63) is 51.7 Å². The Morgan fingerprint density at radius 3 is 2.72 bits per heavy atom. The molecule has 0 bridgehead atoms. The van der Waals surface area contributed by atoms with Gasteiger partial charge in [-0.3, -0.25) is 0 Å². The second-order valence-electron chi connectivity index (χ2n) is 4.18. The van der Waals surface area contributed by atoms with Gasteiger partial charge >= 0.3 is 0 Å². The van der Waals surface area contributed by atoms with Crippen molar-refractivity contribution in [2.24, 2.45) is 0 Å². The summed E-state index contributed by atoms with van der Waals surface area (Å²) in [6, 6.07) is 14.4. The van der Waals surface area contributed by atoms with Gasteiger partial charge in [-0.2, -0.15) is 5.26 Å². The lowest BCUT2D eigenvalue weighted by Crippen LogP contribution is -2.06. The number of nitrogens with one attached hydrogen (secondary N) is 1. The molecule has 0 aliphatic heterocycles. The fraction of sp³-hybridized carbons (Fsp3) is 0.267. The highest BCUT2D eigenvalue weighted by molar-refractivity contribution is 7.12. The predicted molar refractivity (Wildman–Crippen MR) is 76.9 cm³/mol. The second-order valence-corrected chi connectivity index (χ2v) is 5.38. The van der Waals surface area contributed by atoms with Crippen LogP contribution in [0.3, 0.4) is 0 Å². The van der Waals surface area contributed by atoms with Crippen LogP contribution in [0.1, 0.15) is 35.2 Å². The molecule has 1 aromatic carbocycles. The first-order valence-corrected chi connectivity index (χ1v) is 6.90. The van der Waals surface area contributed by atoms with Gasteiger partial charge in [-0.15, -0.1) is 11.3 Å². The van der Waals surface area contributed by atoms with Crippen LogP contribution in [-0.2, 0) is 6.42 Å². The summed E-state index contributed by atoms with van der Waals surface area (Å²) in [6.45, 7) is 4.29. The number of nitrogens with zero attached hydrogens (tertiary/aromatic N) is 1. The van der Waals surface area contributed by atoms with Crippen LogP contribution < -0.4 is 5.32 Å². The molecule has 18 heavy (non-hydrogen) atoms. The first kappa shape index (κ1) is 12.7. The minimum absolute atomic E-state index is 0.227. The molecule has 0 aliphatic rings. The summed E-state index contributed by atoms with van der Waals surface area (Å²) in [7, 11) is 0. The van der Waals surface area contributed by atoms with Crippen molar-refractivity contribution < 1.29 is 0 Å². The summed E-state index contributed by atoms with van der Waals surface area (Å²) in [6.07, 6.45) is 1.08. The van der Waals surface area contributed by atoms with Gasteiger partial charge in [0.25, 0.3) is 0 Å². The maximum atomic E-state index is 9.06. The SMILES string of the molecule is CCc1ccc(C(C)Nc2ccccc2C#N)s1. The van der Waals surface area contributed by atoms with Crippen molar-refractivity contribution in [1.82, 2.24) is 0 Å². The summed E-state index contributed by atoms with van der Waals surface area (Å²) >= 11 is 1.83. The zero-order chi connectivity index (χ0) is 13.0. The Labute approximate surface area is 112 Å². The van der Waals surface area contributed by atoms with Crippen LogP contribution in [-0.4, -0.2) is 0 Å². The van der Waals surface area contributed by atoms with E-state index in [1.807, 2.05) is 35.6 Å². The number of thiophene rings is 1. The quantitative estimate of drug-likeness (QED) is 0.882. The standard InChI is InChI=1S/C15H16N2S/c1-3-13-8-9-15(18-13)11(2)17-14-7-5-4-6-12(14)10-16/h4-9,11,17H,3H2,1-2H3. The van der Waals surface area contributed by atoms with Gasteiger partial charge in [0.15, 0.2) is 0 Å². The Morgan fingerprint density at radius 1 is 1.28 bits per heavy atom. The molecule has 3 heteroatoms. The van der Waals surface area contributed by atoms with E-state index in [-0.39, 0.29) is 6.04 Å². The average Bonchev–Trinajstić information content (AvgIpc) is 2.88. The van der Waals surface area contributed by atoms with Crippen LogP contribution in [0.5, 0.6) is 0 Å². The summed E-state index contributed by atoms with van der Waals surface area (Å²) in [4.78, 5) is 2.70. The lowest BCUT2D eigenvalue weighted by molar-refractivity contribution is 0.907. The number of aryl methyl sites for hydroxylation is 1. The molecule has 1 atom stereocenters. The normalized spacial score (nSPS) is 11.8. The Bertz CT molecular complexity index is 566. The summed E-state index contributed by atoms with van der Waals surface area (Å²) in [5.41, 5.74) is 1.59. The highest BCUT2D eigenvalue weighted by atomic mass is 32.1. The molecule has 0 saturated carbocycles. The molecule has 0 radical (unpaired) electrons. The fourth-order valence-corrected chi connectivity index (χ4v) is 2.78. The number of benzene rings is 1. The van der Waals surface area contributed by atoms with E-state index < -0.39 is 0 Å². The van der Waals surface area contributed by atoms with Gasteiger partial charge in [0, 0.05) is 9.75 Å². The summed E-state index contributed by atoms with van der Waals surface area (Å²) < 4.78 is 0. The van der Waals surface area contributed by atoms with Gasteiger partial charge in [0.1, 0.15) is 6.07 Å². The molecule has 0 amide bonds. The lowest BCUT2D eigenvalue weighted by Gasteiger charge is -2.14. The zero-order valence-corrected chi connectivity index (χ0v) is 11.4. The predicted octanol–water partition coefficient (Wildman–Crippen LogP) is 4.36. The topological polar surface area (TPSA) is 35.8 Å². The van der Waals surface area contributed by atoms with E-state index in [2.05, 4.69) is 37.4 Å². The maximum absolute atomic E-state index is 9.06. The van der Waals surface area contributed by atoms with E-state index in [1.54, 1.807) is 0 Å². The molecule has 1 heterocycles. The highest BCUT2D eigenvalue weighted by Crippen LogP contribution is 2.27. The molecule has 0 saturated heterocycles. The minimum atomic E-state index is 0.227. The molecule has 2 aromatic rings. The molecule has 0 fully saturated rings. The number of hydrogen-bond acceptors (Lipinski definition) is 3. The Hall–Kier alpha value is -1.79. The largest absolute Gasteiger partial charge is 0.377 e. The van der Waals surface area contributed by atoms with Crippen molar-refractivity contribution >= 4 is 17.0 Å². The third-order valence-corrected chi connectivity index (χ3v) is 4.29. The number of para-hydroxylation sites is 1. The molecule has 2 rings (SSSR count). The Morgan fingerprint density at radius 2 is 2.06 bits per heavy atom. The molecule has 1 N–H and O–H groups in total. The average molecular weight is 256 g/mol. The third kappa shape index (κ3) is 2.72. The van der Waals surface area contributed by atoms with E-state index >= 15 is 0 Å². The number of nitriles is 1. The van der Waals surface area contributed by atoms with Crippen LogP contribution in [0.4, 0.5) is 5.69 Å². The van der Waals surface area contributed by atoms with Crippen molar-refractivity contribution in [3.8, 4) is 6.07 Å². The van der Waals surface area contributed by atoms with Gasteiger partial charge in [0.2, 0.25) is 0 Å². The minimum Gasteiger partial charge on any atom is -0.377 e. The molecule has 0 aliphatic carbocycles. The maximum Gasteiger partial charge on any atom is 0.101 e. The highest BCUT2D eigenvalue weighted by Gasteiger charge is 2.10. The number of hydrogen-bond donors (Lipinski definition) is 1. The molecule has 92 valence electrons. The number of anilines is 1. The van der Waals surface area contributed by atoms with Gasteiger partial charge in [-0.25, -0.2) is 0 Å². The van der Waals surface area contributed by atoms with Crippen molar-refractivity contribution in [2.75, 3.05) is 5.32 Å². The molecule has 0 spiro atoms. The Kier molecular flexibility index (Phi) is 4.01. The van der Waals surface area contributed by atoms with E-state index in [0.29, 0.717) is 5.56 Å². The number of rotatable bonds is 4. The molecule has 1 unspecified atom stereocenters. The van der Waals surface area contributed by atoms with E-state index in [4.69, 9.17) is 5.26 Å². The van der Waals surface area contributed by atoms with Gasteiger partial charge in [-0.05, 0) is 37.6 Å². The van der Waals surface area contributed by atoms with E-state index in [9.17, 15) is 0 Å². The van der Waals surface area contributed by atoms with Gasteiger partial charge in [-0.1, -0.05) is 19.1 Å². The van der Waals surface area contributed by atoms with E-state index in [1.165, 1.54) is 9.75 Å². The van der Waals surface area contributed by atoms with Crippen LogP contribution >= 0.6 is 11.3 Å². The lowest BCUT2D eigenvalue weighted by atomic mass is 10.1. The molecular weight excluding hydrogens is 240 g/mol. The summed E-state index contributed by atoms with van der Waals surface area (Å²) in [5.74, 6) is 0. The van der Waals surface area contributed by atoms with E-state index in [0.717, 1.165) is 12.1 Å². The third-order valence-electron chi connectivity index (χ3n) is 2.88. The summed E-state index contributed by atoms with van der Waals surface area (Å²) in [5, 5.41) is 12.5. The van der Waals surface area contributed by atoms with Crippen LogP contribution in [0.25, 0.3) is 0 Å². The molecular formula is C15H16N2S. The van der Waals surface area contributed by atoms with Gasteiger partial charge in [0.05, 0.1) is 17.3 Å². The van der Waals surface area contributed by atoms with Crippen LogP contribution in [0, 0.1) is 11.3 Å². The second kappa shape index (κ2) is 5.70. The first-order valence-electron chi connectivity index (χ1n) is 6.09. The van der Waals surface area contributed by atoms with Crippen molar-refractivity contribution in [2.45, 2.75) is 26.3 Å². The van der Waals surface area contributed by atoms with Gasteiger partial charge < -0.3 is 5.32 Å². The van der Waals surface area contributed by atoms with Crippen molar-refractivity contribution in [1.29, 1.82) is 5.26 Å².